The van der Waals surface area contributed by atoms with Crippen molar-refractivity contribution < 1.29 is 4.42 Å². The lowest BCUT2D eigenvalue weighted by Crippen LogP contribution is -2.04. The zero-order valence-electron chi connectivity index (χ0n) is 33.5. The smallest absolute Gasteiger partial charge is 0.166 e. The lowest BCUT2D eigenvalue weighted by Gasteiger charge is -2.17. The first kappa shape index (κ1) is 35.5. The van der Waals surface area contributed by atoms with E-state index >= 15 is 0 Å². The third kappa shape index (κ3) is 6.14. The highest BCUT2D eigenvalue weighted by molar-refractivity contribution is 6.17. The van der Waals surface area contributed by atoms with Crippen molar-refractivity contribution in [2.45, 2.75) is 0 Å². The highest BCUT2D eigenvalue weighted by Gasteiger charge is 2.22. The molecule has 9 aromatic carbocycles. The SMILES string of the molecule is c1ccc(-c2cc(-c3ccccc3)cc(-c3ccc(-n4c5ccccc5c5cc6c(cc54)oc4ccccc46)c(-c4nc(-c5ccccc5)nc(-c5ccccc5)n4)c3)c2)cc1. The van der Waals surface area contributed by atoms with Crippen LogP contribution in [-0.4, -0.2) is 19.5 Å². The first-order valence-corrected chi connectivity index (χ1v) is 20.8. The minimum absolute atomic E-state index is 0.577. The van der Waals surface area contributed by atoms with E-state index in [4.69, 9.17) is 19.4 Å². The van der Waals surface area contributed by atoms with E-state index in [1.165, 1.54) is 0 Å². The van der Waals surface area contributed by atoms with Crippen molar-refractivity contribution in [3.8, 4) is 73.2 Å². The molecule has 3 heterocycles. The first-order valence-electron chi connectivity index (χ1n) is 20.8. The summed E-state index contributed by atoms with van der Waals surface area (Å²) in [6, 6.07) is 76.4. The summed E-state index contributed by atoms with van der Waals surface area (Å²) in [6.45, 7) is 0. The third-order valence-electron chi connectivity index (χ3n) is 11.8. The molecule has 3 aromatic heterocycles. The average Bonchev–Trinajstić information content (AvgIpc) is 3.88. The van der Waals surface area contributed by atoms with E-state index in [-0.39, 0.29) is 0 Å². The molecule has 0 aliphatic carbocycles. The molecule has 5 heteroatoms. The van der Waals surface area contributed by atoms with Gasteiger partial charge in [-0.15, -0.1) is 0 Å². The molecule has 0 spiro atoms. The van der Waals surface area contributed by atoms with Crippen molar-refractivity contribution in [2.24, 2.45) is 0 Å². The van der Waals surface area contributed by atoms with Crippen LogP contribution in [0.3, 0.4) is 0 Å². The number of benzene rings is 9. The minimum atomic E-state index is 0.577. The molecular weight excluding hydrogens is 757 g/mol. The van der Waals surface area contributed by atoms with Crippen molar-refractivity contribution in [1.82, 2.24) is 19.5 Å². The van der Waals surface area contributed by atoms with Crippen LogP contribution in [0.2, 0.25) is 0 Å². The summed E-state index contributed by atoms with van der Waals surface area (Å²) >= 11 is 0. The monoisotopic (exact) mass is 792 g/mol. The van der Waals surface area contributed by atoms with E-state index in [0.29, 0.717) is 17.5 Å². The Labute approximate surface area is 357 Å². The Morgan fingerprint density at radius 3 is 1.40 bits per heavy atom. The van der Waals surface area contributed by atoms with Gasteiger partial charge in [0, 0.05) is 44.3 Å². The maximum absolute atomic E-state index is 6.52. The molecule has 0 bridgehead atoms. The van der Waals surface area contributed by atoms with Gasteiger partial charge in [0.1, 0.15) is 11.2 Å². The second-order valence-electron chi connectivity index (χ2n) is 15.6. The number of nitrogens with zero attached hydrogens (tertiary/aromatic N) is 4. The summed E-state index contributed by atoms with van der Waals surface area (Å²) < 4.78 is 8.87. The molecule has 0 radical (unpaired) electrons. The third-order valence-corrected chi connectivity index (χ3v) is 11.8. The Kier molecular flexibility index (Phi) is 8.42. The molecule has 0 amide bonds. The maximum Gasteiger partial charge on any atom is 0.166 e. The quantitative estimate of drug-likeness (QED) is 0.161. The Hall–Kier alpha value is -8.41. The van der Waals surface area contributed by atoms with Gasteiger partial charge in [0.25, 0.3) is 0 Å². The molecule has 0 saturated heterocycles. The van der Waals surface area contributed by atoms with Crippen LogP contribution in [0, 0.1) is 0 Å². The lowest BCUT2D eigenvalue weighted by molar-refractivity contribution is 0.669. The first-order chi connectivity index (χ1) is 30.7. The fraction of sp³-hybridized carbons (Fsp3) is 0. The standard InChI is InChI=1S/C57H36N4O/c1-5-17-37(18-6-1)42-31-43(38-19-7-2-8-20-38)33-44(32-42)41-29-30-51(49(34-41)57-59-55(39-21-9-3-10-22-39)58-56(60-57)40-23-11-4-12-24-40)61-50-27-15-13-25-45(50)47-35-48-46-26-14-16-28-53(46)62-54(48)36-52(47)61/h1-36H. The van der Waals surface area contributed by atoms with Gasteiger partial charge in [0.15, 0.2) is 17.5 Å². The number of fused-ring (bicyclic) bond motifs is 6. The van der Waals surface area contributed by atoms with Gasteiger partial charge < -0.3 is 8.98 Å². The molecule has 0 fully saturated rings. The van der Waals surface area contributed by atoms with Crippen LogP contribution >= 0.6 is 0 Å². The molecule has 0 saturated carbocycles. The maximum atomic E-state index is 6.52. The van der Waals surface area contributed by atoms with Gasteiger partial charge in [-0.1, -0.05) is 164 Å². The molecule has 0 aliphatic heterocycles. The Morgan fingerprint density at radius 2 is 0.790 bits per heavy atom. The van der Waals surface area contributed by atoms with Gasteiger partial charge in [0.05, 0.1) is 16.7 Å². The summed E-state index contributed by atoms with van der Waals surface area (Å²) in [5.41, 5.74) is 14.2. The van der Waals surface area contributed by atoms with Gasteiger partial charge in [-0.2, -0.15) is 0 Å². The minimum Gasteiger partial charge on any atom is -0.456 e. The second-order valence-corrected chi connectivity index (χ2v) is 15.6. The van der Waals surface area contributed by atoms with Crippen molar-refractivity contribution >= 4 is 43.7 Å². The van der Waals surface area contributed by atoms with Gasteiger partial charge >= 0.3 is 0 Å². The molecule has 0 atom stereocenters. The molecular formula is C57H36N4O. The molecule has 62 heavy (non-hydrogen) atoms. The Morgan fingerprint density at radius 1 is 0.290 bits per heavy atom. The van der Waals surface area contributed by atoms with Crippen molar-refractivity contribution in [3.05, 3.63) is 218 Å². The largest absolute Gasteiger partial charge is 0.456 e. The predicted molar refractivity (Wildman–Crippen MR) is 254 cm³/mol. The van der Waals surface area contributed by atoms with Crippen LogP contribution in [0.25, 0.3) is 117 Å². The van der Waals surface area contributed by atoms with E-state index in [2.05, 4.69) is 174 Å². The van der Waals surface area contributed by atoms with Crippen molar-refractivity contribution in [2.75, 3.05) is 0 Å². The second kappa shape index (κ2) is 14.7. The summed E-state index contributed by atoms with van der Waals surface area (Å²) in [5, 5.41) is 4.49. The summed E-state index contributed by atoms with van der Waals surface area (Å²) in [6.07, 6.45) is 0. The average molecular weight is 793 g/mol. The van der Waals surface area contributed by atoms with Crippen LogP contribution in [-0.2, 0) is 0 Å². The molecule has 0 N–H and O–H groups in total. The Balaban J connectivity index is 1.16. The van der Waals surface area contributed by atoms with E-state index in [1.807, 2.05) is 48.5 Å². The van der Waals surface area contributed by atoms with Crippen molar-refractivity contribution in [3.63, 3.8) is 0 Å². The molecule has 0 aliphatic rings. The number of rotatable bonds is 7. The highest BCUT2D eigenvalue weighted by atomic mass is 16.3. The van der Waals surface area contributed by atoms with E-state index in [1.54, 1.807) is 0 Å². The van der Waals surface area contributed by atoms with Crippen LogP contribution in [0.15, 0.2) is 223 Å². The van der Waals surface area contributed by atoms with E-state index in [0.717, 1.165) is 99.5 Å². The molecule has 290 valence electrons. The van der Waals surface area contributed by atoms with Crippen LogP contribution < -0.4 is 0 Å². The summed E-state index contributed by atoms with van der Waals surface area (Å²) in [5.74, 6) is 1.79. The number of hydrogen-bond acceptors (Lipinski definition) is 4. The van der Waals surface area contributed by atoms with Gasteiger partial charge in [0.2, 0.25) is 0 Å². The number of aromatic nitrogens is 4. The summed E-state index contributed by atoms with van der Waals surface area (Å²) in [4.78, 5) is 15.7. The topological polar surface area (TPSA) is 56.7 Å². The van der Waals surface area contributed by atoms with E-state index in [9.17, 15) is 0 Å². The van der Waals surface area contributed by atoms with Crippen molar-refractivity contribution in [1.29, 1.82) is 0 Å². The van der Waals surface area contributed by atoms with E-state index < -0.39 is 0 Å². The molecule has 12 aromatic rings. The lowest BCUT2D eigenvalue weighted by atomic mass is 9.92. The fourth-order valence-electron chi connectivity index (χ4n) is 8.85. The van der Waals surface area contributed by atoms with Crippen LogP contribution in [0.1, 0.15) is 0 Å². The Bertz CT molecular complexity index is 3500. The molecule has 12 rings (SSSR count). The highest BCUT2D eigenvalue weighted by Crippen LogP contribution is 2.42. The number of hydrogen-bond donors (Lipinski definition) is 0. The number of para-hydroxylation sites is 2. The molecule has 5 nitrogen and oxygen atoms in total. The summed E-state index contributed by atoms with van der Waals surface area (Å²) in [7, 11) is 0. The predicted octanol–water partition coefficient (Wildman–Crippen LogP) is 14.9. The van der Waals surface area contributed by atoms with Gasteiger partial charge in [-0.25, -0.2) is 15.0 Å². The number of furan rings is 1. The normalized spacial score (nSPS) is 11.5. The van der Waals surface area contributed by atoms with Gasteiger partial charge in [-0.3, -0.25) is 0 Å². The van der Waals surface area contributed by atoms with Crippen LogP contribution in [0.5, 0.6) is 0 Å². The molecule has 0 unspecified atom stereocenters. The zero-order chi connectivity index (χ0) is 41.0. The van der Waals surface area contributed by atoms with Crippen LogP contribution in [0.4, 0.5) is 0 Å². The fourth-order valence-corrected chi connectivity index (χ4v) is 8.85. The van der Waals surface area contributed by atoms with Gasteiger partial charge in [-0.05, 0) is 81.9 Å². The zero-order valence-corrected chi connectivity index (χ0v) is 33.5.